The maximum Gasteiger partial charge on any atom is 0.283 e. The van der Waals surface area contributed by atoms with E-state index in [1.807, 2.05) is 6.92 Å². The molecule has 0 atom stereocenters. The van der Waals surface area contributed by atoms with Gasteiger partial charge in [-0.25, -0.2) is 9.67 Å². The number of aryl methyl sites for hydroxylation is 1. The van der Waals surface area contributed by atoms with Crippen LogP contribution in [0.15, 0.2) is 11.1 Å². The third-order valence-corrected chi connectivity index (χ3v) is 2.47. The van der Waals surface area contributed by atoms with Crippen molar-refractivity contribution in [3.63, 3.8) is 0 Å². The molecule has 2 aromatic rings. The topological polar surface area (TPSA) is 94.7 Å². The van der Waals surface area contributed by atoms with Crippen molar-refractivity contribution in [2.24, 2.45) is 7.05 Å². The van der Waals surface area contributed by atoms with Gasteiger partial charge in [0.1, 0.15) is 12.9 Å². The van der Waals surface area contributed by atoms with Crippen molar-refractivity contribution in [2.45, 2.75) is 19.9 Å². The summed E-state index contributed by atoms with van der Waals surface area (Å²) in [7, 11) is 1.65. The van der Waals surface area contributed by atoms with E-state index in [1.54, 1.807) is 7.05 Å². The van der Waals surface area contributed by atoms with Crippen LogP contribution in [0.25, 0.3) is 11.2 Å². The first-order valence-electron chi connectivity index (χ1n) is 5.65. The second-order valence-corrected chi connectivity index (χ2v) is 3.91. The summed E-state index contributed by atoms with van der Waals surface area (Å²) in [6, 6.07) is 0. The molecule has 0 aromatic carbocycles. The van der Waals surface area contributed by atoms with Gasteiger partial charge in [0.25, 0.3) is 5.56 Å². The van der Waals surface area contributed by atoms with Gasteiger partial charge in [0.05, 0.1) is 0 Å². The molecular formula is C10H14N6O2. The molecule has 0 saturated heterocycles. The summed E-state index contributed by atoms with van der Waals surface area (Å²) < 4.78 is 2.64. The molecule has 1 N–H and O–H groups in total. The Morgan fingerprint density at radius 3 is 3.00 bits per heavy atom. The molecular weight excluding hydrogens is 236 g/mol. The van der Waals surface area contributed by atoms with E-state index in [9.17, 15) is 9.59 Å². The minimum Gasteiger partial charge on any atom is -0.355 e. The van der Waals surface area contributed by atoms with Gasteiger partial charge in [0.15, 0.2) is 11.2 Å². The molecule has 1 amide bonds. The van der Waals surface area contributed by atoms with E-state index >= 15 is 0 Å². The predicted molar refractivity (Wildman–Crippen MR) is 63.9 cm³/mol. The molecule has 0 spiro atoms. The number of nitrogens with zero attached hydrogens (tertiary/aromatic N) is 5. The normalized spacial score (nSPS) is 10.8. The van der Waals surface area contributed by atoms with Gasteiger partial charge in [0, 0.05) is 13.6 Å². The quantitative estimate of drug-likeness (QED) is 0.755. The van der Waals surface area contributed by atoms with E-state index in [0.717, 1.165) is 6.42 Å². The van der Waals surface area contributed by atoms with Crippen molar-refractivity contribution in [3.05, 3.63) is 16.7 Å². The average molecular weight is 250 g/mol. The van der Waals surface area contributed by atoms with Crippen LogP contribution >= 0.6 is 0 Å². The molecule has 18 heavy (non-hydrogen) atoms. The van der Waals surface area contributed by atoms with Gasteiger partial charge in [-0.05, 0) is 6.42 Å². The van der Waals surface area contributed by atoms with Crippen molar-refractivity contribution in [3.8, 4) is 0 Å². The fourth-order valence-corrected chi connectivity index (χ4v) is 1.54. The molecule has 0 radical (unpaired) electrons. The Hall–Kier alpha value is -2.25. The van der Waals surface area contributed by atoms with Gasteiger partial charge >= 0.3 is 0 Å². The van der Waals surface area contributed by atoms with Crippen molar-refractivity contribution in [1.29, 1.82) is 0 Å². The Morgan fingerprint density at radius 1 is 1.50 bits per heavy atom. The smallest absolute Gasteiger partial charge is 0.283 e. The van der Waals surface area contributed by atoms with Crippen LogP contribution in [0.2, 0.25) is 0 Å². The number of amides is 1. The zero-order chi connectivity index (χ0) is 13.1. The van der Waals surface area contributed by atoms with Crippen LogP contribution in [-0.2, 0) is 18.4 Å². The van der Waals surface area contributed by atoms with E-state index in [-0.39, 0.29) is 23.5 Å². The van der Waals surface area contributed by atoms with Crippen LogP contribution in [0, 0.1) is 0 Å². The summed E-state index contributed by atoms with van der Waals surface area (Å²) >= 11 is 0. The summed E-state index contributed by atoms with van der Waals surface area (Å²) in [5.74, 6) is -0.219. The summed E-state index contributed by atoms with van der Waals surface area (Å²) in [5, 5.41) is 10.1. The monoisotopic (exact) mass is 250 g/mol. The molecule has 0 aliphatic carbocycles. The van der Waals surface area contributed by atoms with Crippen LogP contribution in [-0.4, -0.2) is 37.0 Å². The molecule has 0 saturated carbocycles. The first-order chi connectivity index (χ1) is 8.63. The summed E-state index contributed by atoms with van der Waals surface area (Å²) in [6.45, 7) is 2.49. The highest BCUT2D eigenvalue weighted by Crippen LogP contribution is 1.99. The summed E-state index contributed by atoms with van der Waals surface area (Å²) in [4.78, 5) is 27.6. The maximum absolute atomic E-state index is 12.0. The molecule has 96 valence electrons. The number of hydrogen-bond donors (Lipinski definition) is 1. The molecule has 2 aromatic heterocycles. The number of carbonyl (C=O) groups excluding carboxylic acids is 1. The number of aromatic nitrogens is 5. The van der Waals surface area contributed by atoms with E-state index in [1.165, 1.54) is 15.6 Å². The van der Waals surface area contributed by atoms with Crippen molar-refractivity contribution < 1.29 is 4.79 Å². The minimum atomic E-state index is -0.361. The minimum absolute atomic E-state index is 0.0572. The van der Waals surface area contributed by atoms with Gasteiger partial charge in [-0.15, -0.1) is 5.10 Å². The standard InChI is InChI=1S/C10H14N6O2/c1-3-4-11-7(17)5-16-6-12-9-8(10(16)18)13-14-15(9)2/h6H,3-5H2,1-2H3,(H,11,17). The lowest BCUT2D eigenvalue weighted by Gasteiger charge is -2.05. The third kappa shape index (κ3) is 2.22. The van der Waals surface area contributed by atoms with Gasteiger partial charge < -0.3 is 5.32 Å². The van der Waals surface area contributed by atoms with Gasteiger partial charge in [0.2, 0.25) is 5.91 Å². The number of nitrogens with one attached hydrogen (secondary N) is 1. The van der Waals surface area contributed by atoms with E-state index < -0.39 is 0 Å². The summed E-state index contributed by atoms with van der Waals surface area (Å²) in [5.41, 5.74) is 0.216. The Bertz CT molecular complexity index is 629. The SMILES string of the molecule is CCCNC(=O)Cn1cnc2c(nnn2C)c1=O. The van der Waals surface area contributed by atoms with Gasteiger partial charge in [-0.1, -0.05) is 12.1 Å². The Morgan fingerprint density at radius 2 is 2.28 bits per heavy atom. The summed E-state index contributed by atoms with van der Waals surface area (Å²) in [6.07, 6.45) is 2.18. The number of carbonyl (C=O) groups is 1. The molecule has 0 unspecified atom stereocenters. The van der Waals surface area contributed by atoms with Crippen LogP contribution < -0.4 is 10.9 Å². The first-order valence-corrected chi connectivity index (χ1v) is 5.65. The maximum atomic E-state index is 12.0. The molecule has 0 aliphatic heterocycles. The Balaban J connectivity index is 2.27. The van der Waals surface area contributed by atoms with Crippen LogP contribution in [0.5, 0.6) is 0 Å². The predicted octanol–water partition coefficient (Wildman–Crippen LogP) is -0.949. The molecule has 2 rings (SSSR count). The highest BCUT2D eigenvalue weighted by atomic mass is 16.2. The van der Waals surface area contributed by atoms with Crippen molar-refractivity contribution >= 4 is 17.1 Å². The lowest BCUT2D eigenvalue weighted by molar-refractivity contribution is -0.121. The Kier molecular flexibility index (Phi) is 3.35. The number of rotatable bonds is 4. The van der Waals surface area contributed by atoms with Crippen LogP contribution in [0.4, 0.5) is 0 Å². The van der Waals surface area contributed by atoms with Crippen LogP contribution in [0.1, 0.15) is 13.3 Å². The fourth-order valence-electron chi connectivity index (χ4n) is 1.54. The molecule has 8 nitrogen and oxygen atoms in total. The number of fused-ring (bicyclic) bond motifs is 1. The number of hydrogen-bond acceptors (Lipinski definition) is 5. The zero-order valence-corrected chi connectivity index (χ0v) is 10.3. The van der Waals surface area contributed by atoms with E-state index in [4.69, 9.17) is 0 Å². The lowest BCUT2D eigenvalue weighted by atomic mass is 10.4. The van der Waals surface area contributed by atoms with Crippen LogP contribution in [0.3, 0.4) is 0 Å². The van der Waals surface area contributed by atoms with Crippen molar-refractivity contribution in [2.75, 3.05) is 6.54 Å². The molecule has 8 heteroatoms. The molecule has 0 aliphatic rings. The molecule has 0 bridgehead atoms. The first kappa shape index (κ1) is 12.2. The van der Waals surface area contributed by atoms with Crippen molar-refractivity contribution in [1.82, 2.24) is 29.9 Å². The lowest BCUT2D eigenvalue weighted by Crippen LogP contribution is -2.32. The van der Waals surface area contributed by atoms with E-state index in [2.05, 4.69) is 20.6 Å². The molecule has 0 fully saturated rings. The van der Waals surface area contributed by atoms with Gasteiger partial charge in [-0.2, -0.15) is 0 Å². The zero-order valence-electron chi connectivity index (χ0n) is 10.3. The largest absolute Gasteiger partial charge is 0.355 e. The van der Waals surface area contributed by atoms with Gasteiger partial charge in [-0.3, -0.25) is 14.2 Å². The third-order valence-electron chi connectivity index (χ3n) is 2.47. The second kappa shape index (κ2) is 4.94. The Labute approximate surface area is 103 Å². The average Bonchev–Trinajstić information content (AvgIpc) is 2.73. The van der Waals surface area contributed by atoms with E-state index in [0.29, 0.717) is 12.2 Å². The highest BCUT2D eigenvalue weighted by Gasteiger charge is 2.11. The fraction of sp³-hybridized carbons (Fsp3) is 0.500. The second-order valence-electron chi connectivity index (χ2n) is 3.91. The molecule has 2 heterocycles. The highest BCUT2D eigenvalue weighted by molar-refractivity contribution is 5.76.